The van der Waals surface area contributed by atoms with E-state index in [2.05, 4.69) is 26.1 Å². The van der Waals surface area contributed by atoms with Gasteiger partial charge in [-0.05, 0) is 24.2 Å². The average Bonchev–Trinajstić information content (AvgIpc) is 2.41. The maximum atomic E-state index is 11.5. The number of rotatable bonds is 0. The summed E-state index contributed by atoms with van der Waals surface area (Å²) in [4.78, 5) is 24.6. The van der Waals surface area contributed by atoms with Crippen LogP contribution < -0.4 is 5.32 Å². The molecule has 2 aliphatic rings. The third-order valence-corrected chi connectivity index (χ3v) is 3.62. The van der Waals surface area contributed by atoms with E-state index >= 15 is 0 Å². The Bertz CT molecular complexity index is 306. The number of nitrogens with one attached hydrogen (secondary N) is 1. The number of carbonyl (C=O) groups is 2. The molecule has 4 heteroatoms. The van der Waals surface area contributed by atoms with Crippen LogP contribution in [-0.4, -0.2) is 29.4 Å². The van der Waals surface area contributed by atoms with Crippen molar-refractivity contribution in [3.05, 3.63) is 0 Å². The standard InChI is InChI=1S/C11H18N2O2/c1-11(2,3)7-4-5-13-8(6-7)9(14)12-10(13)15/h7-8H,4-6H2,1-3H3,(H,12,14,15). The number of imide groups is 1. The molecule has 0 bridgehead atoms. The fraction of sp³-hybridized carbons (Fsp3) is 0.818. The summed E-state index contributed by atoms with van der Waals surface area (Å²) in [6, 6.07) is -0.423. The van der Waals surface area contributed by atoms with Gasteiger partial charge in [0.25, 0.3) is 5.91 Å². The largest absolute Gasteiger partial charge is 0.324 e. The molecule has 84 valence electrons. The highest BCUT2D eigenvalue weighted by molar-refractivity contribution is 6.04. The summed E-state index contributed by atoms with van der Waals surface area (Å²) in [7, 11) is 0. The maximum absolute atomic E-state index is 11.5. The van der Waals surface area contributed by atoms with Gasteiger partial charge in [-0.25, -0.2) is 4.79 Å². The Hall–Kier alpha value is -1.06. The van der Waals surface area contributed by atoms with E-state index in [4.69, 9.17) is 0 Å². The average molecular weight is 210 g/mol. The molecule has 2 fully saturated rings. The molecule has 1 N–H and O–H groups in total. The summed E-state index contributed by atoms with van der Waals surface area (Å²) in [5.74, 6) is 0.407. The Morgan fingerprint density at radius 1 is 1.33 bits per heavy atom. The minimum Gasteiger partial charge on any atom is -0.312 e. The van der Waals surface area contributed by atoms with Crippen LogP contribution in [0.2, 0.25) is 0 Å². The Morgan fingerprint density at radius 3 is 2.60 bits per heavy atom. The highest BCUT2D eigenvalue weighted by Gasteiger charge is 2.44. The molecule has 15 heavy (non-hydrogen) atoms. The van der Waals surface area contributed by atoms with Crippen LogP contribution in [0, 0.1) is 11.3 Å². The number of urea groups is 1. The van der Waals surface area contributed by atoms with Crippen LogP contribution in [-0.2, 0) is 4.79 Å². The van der Waals surface area contributed by atoms with Gasteiger partial charge in [-0.1, -0.05) is 20.8 Å². The van der Waals surface area contributed by atoms with E-state index in [1.165, 1.54) is 0 Å². The highest BCUT2D eigenvalue weighted by atomic mass is 16.2. The van der Waals surface area contributed by atoms with Crippen LogP contribution in [0.4, 0.5) is 4.79 Å². The number of fused-ring (bicyclic) bond motifs is 1. The zero-order valence-corrected chi connectivity index (χ0v) is 9.54. The van der Waals surface area contributed by atoms with Gasteiger partial charge in [-0.15, -0.1) is 0 Å². The second kappa shape index (κ2) is 3.22. The summed E-state index contributed by atoms with van der Waals surface area (Å²) in [5.41, 5.74) is 0.220. The molecule has 3 amide bonds. The third-order valence-electron chi connectivity index (χ3n) is 3.62. The van der Waals surface area contributed by atoms with Gasteiger partial charge in [0.15, 0.2) is 0 Å². The van der Waals surface area contributed by atoms with Crippen molar-refractivity contribution in [2.75, 3.05) is 6.54 Å². The lowest BCUT2D eigenvalue weighted by Crippen LogP contribution is -2.45. The van der Waals surface area contributed by atoms with Gasteiger partial charge in [0.2, 0.25) is 0 Å². The molecule has 2 saturated heterocycles. The Labute approximate surface area is 90.0 Å². The van der Waals surface area contributed by atoms with Gasteiger partial charge in [0.05, 0.1) is 0 Å². The molecule has 4 nitrogen and oxygen atoms in total. The molecule has 0 radical (unpaired) electrons. The van der Waals surface area contributed by atoms with Crippen molar-refractivity contribution in [3.63, 3.8) is 0 Å². The lowest BCUT2D eigenvalue weighted by molar-refractivity contribution is -0.123. The fourth-order valence-corrected chi connectivity index (χ4v) is 2.50. The normalized spacial score (nSPS) is 31.5. The molecule has 0 saturated carbocycles. The topological polar surface area (TPSA) is 49.4 Å². The molecule has 2 aliphatic heterocycles. The van der Waals surface area contributed by atoms with Gasteiger partial charge >= 0.3 is 6.03 Å². The molecule has 0 aromatic rings. The van der Waals surface area contributed by atoms with Crippen molar-refractivity contribution < 1.29 is 9.59 Å². The first-order valence-electron chi connectivity index (χ1n) is 5.51. The molecule has 2 unspecified atom stereocenters. The van der Waals surface area contributed by atoms with Crippen LogP contribution in [0.1, 0.15) is 33.6 Å². The second-order valence-electron chi connectivity index (χ2n) is 5.59. The summed E-state index contributed by atoms with van der Waals surface area (Å²) in [6.45, 7) is 7.30. The van der Waals surface area contributed by atoms with Gasteiger partial charge in [0, 0.05) is 6.54 Å². The number of nitrogens with zero attached hydrogens (tertiary/aromatic N) is 1. The molecular formula is C11H18N2O2. The zero-order chi connectivity index (χ0) is 11.2. The smallest absolute Gasteiger partial charge is 0.312 e. The molecule has 0 aliphatic carbocycles. The molecule has 0 aromatic carbocycles. The molecule has 2 rings (SSSR count). The lowest BCUT2D eigenvalue weighted by atomic mass is 9.73. The van der Waals surface area contributed by atoms with Crippen molar-refractivity contribution in [3.8, 4) is 0 Å². The summed E-state index contributed by atoms with van der Waals surface area (Å²) >= 11 is 0. The number of hydrogen-bond donors (Lipinski definition) is 1. The predicted octanol–water partition coefficient (Wildman–Crippen LogP) is 1.36. The zero-order valence-electron chi connectivity index (χ0n) is 9.54. The number of amides is 3. The second-order valence-corrected chi connectivity index (χ2v) is 5.59. The minimum atomic E-state index is -0.213. The molecule has 0 spiro atoms. The first kappa shape index (κ1) is 10.5. The maximum Gasteiger partial charge on any atom is 0.324 e. The number of piperidine rings is 1. The van der Waals surface area contributed by atoms with Gasteiger partial charge < -0.3 is 4.90 Å². The monoisotopic (exact) mass is 210 g/mol. The fourth-order valence-electron chi connectivity index (χ4n) is 2.50. The first-order valence-corrected chi connectivity index (χ1v) is 5.51. The van der Waals surface area contributed by atoms with Crippen molar-refractivity contribution in [2.45, 2.75) is 39.7 Å². The van der Waals surface area contributed by atoms with Crippen molar-refractivity contribution >= 4 is 11.9 Å². The third kappa shape index (κ3) is 1.73. The number of carbonyl (C=O) groups excluding carboxylic acids is 2. The Balaban J connectivity index is 2.12. The highest BCUT2D eigenvalue weighted by Crippen LogP contribution is 2.37. The van der Waals surface area contributed by atoms with E-state index in [1.807, 2.05) is 0 Å². The van der Waals surface area contributed by atoms with Gasteiger partial charge in [-0.3, -0.25) is 10.1 Å². The van der Waals surface area contributed by atoms with E-state index in [-0.39, 0.29) is 23.4 Å². The SMILES string of the molecule is CC(C)(C)C1CCN2C(=O)NC(=O)C2C1. The van der Waals surface area contributed by atoms with Crippen molar-refractivity contribution in [1.82, 2.24) is 10.2 Å². The van der Waals surface area contributed by atoms with Crippen LogP contribution in [0.5, 0.6) is 0 Å². The Morgan fingerprint density at radius 2 is 2.00 bits per heavy atom. The summed E-state index contributed by atoms with van der Waals surface area (Å²) in [6.07, 6.45) is 1.81. The molecule has 2 heterocycles. The van der Waals surface area contributed by atoms with Gasteiger partial charge in [-0.2, -0.15) is 0 Å². The first-order chi connectivity index (χ1) is 6.89. The van der Waals surface area contributed by atoms with E-state index in [0.717, 1.165) is 12.8 Å². The molecule has 0 aromatic heterocycles. The van der Waals surface area contributed by atoms with E-state index < -0.39 is 0 Å². The Kier molecular flexibility index (Phi) is 2.24. The molecular weight excluding hydrogens is 192 g/mol. The number of hydrogen-bond acceptors (Lipinski definition) is 2. The van der Waals surface area contributed by atoms with Crippen LogP contribution in [0.15, 0.2) is 0 Å². The quantitative estimate of drug-likeness (QED) is 0.614. The van der Waals surface area contributed by atoms with Crippen LogP contribution in [0.25, 0.3) is 0 Å². The van der Waals surface area contributed by atoms with Crippen LogP contribution in [0.3, 0.4) is 0 Å². The van der Waals surface area contributed by atoms with Gasteiger partial charge in [0.1, 0.15) is 6.04 Å². The summed E-state index contributed by atoms with van der Waals surface area (Å²) < 4.78 is 0. The van der Waals surface area contributed by atoms with E-state index in [1.54, 1.807) is 4.90 Å². The van der Waals surface area contributed by atoms with E-state index in [9.17, 15) is 9.59 Å². The van der Waals surface area contributed by atoms with Crippen LogP contribution >= 0.6 is 0 Å². The summed E-state index contributed by atoms with van der Waals surface area (Å²) in [5, 5.41) is 2.38. The predicted molar refractivity (Wildman–Crippen MR) is 56.2 cm³/mol. The molecule has 2 atom stereocenters. The van der Waals surface area contributed by atoms with Crippen molar-refractivity contribution in [2.24, 2.45) is 11.3 Å². The van der Waals surface area contributed by atoms with Crippen molar-refractivity contribution in [1.29, 1.82) is 0 Å². The van der Waals surface area contributed by atoms with E-state index in [0.29, 0.717) is 12.5 Å². The minimum absolute atomic E-state index is 0.117. The lowest BCUT2D eigenvalue weighted by Gasteiger charge is -2.39.